The van der Waals surface area contributed by atoms with Crippen LogP contribution in [0.4, 0.5) is 10.1 Å². The van der Waals surface area contributed by atoms with Gasteiger partial charge in [0.05, 0.1) is 5.69 Å². The third-order valence-electron chi connectivity index (χ3n) is 4.79. The third kappa shape index (κ3) is 4.50. The van der Waals surface area contributed by atoms with Gasteiger partial charge in [-0.05, 0) is 36.8 Å². The number of rotatable bonds is 5. The number of aromatic nitrogens is 3. The van der Waals surface area contributed by atoms with Gasteiger partial charge in [0, 0.05) is 28.8 Å². The fourth-order valence-electron chi connectivity index (χ4n) is 3.29. The molecule has 0 saturated heterocycles. The minimum atomic E-state index is -0.857. The second kappa shape index (κ2) is 9.20. The van der Waals surface area contributed by atoms with Gasteiger partial charge < -0.3 is 4.74 Å². The average molecular weight is 459 g/mol. The Balaban J connectivity index is 1.87. The zero-order valence-corrected chi connectivity index (χ0v) is 18.6. The molecule has 31 heavy (non-hydrogen) atoms. The molecule has 160 valence electrons. The summed E-state index contributed by atoms with van der Waals surface area (Å²) in [4.78, 5) is 18.8. The van der Waals surface area contributed by atoms with Crippen LogP contribution in [0.2, 0.25) is 5.02 Å². The maximum Gasteiger partial charge on any atom is 0.247 e. The first-order valence-corrected chi connectivity index (χ1v) is 11.2. The Kier molecular flexibility index (Phi) is 6.38. The van der Waals surface area contributed by atoms with Crippen molar-refractivity contribution >= 4 is 35.0 Å². The molecule has 0 aliphatic carbocycles. The lowest BCUT2D eigenvalue weighted by atomic mass is 10.1. The number of amides is 1. The molecule has 0 N–H and O–H groups in total. The number of hydrogen-bond donors (Lipinski definition) is 0. The summed E-state index contributed by atoms with van der Waals surface area (Å²) in [5.74, 6) is 0.477. The fraction of sp³-hybridized carbons (Fsp3) is 0.273. The molecule has 6 nitrogen and oxygen atoms in total. The lowest BCUT2D eigenvalue weighted by Gasteiger charge is -2.29. The highest BCUT2D eigenvalue weighted by Gasteiger charge is 2.34. The van der Waals surface area contributed by atoms with Crippen molar-refractivity contribution in [3.05, 3.63) is 58.9 Å². The number of benzene rings is 2. The molecule has 1 aliphatic heterocycles. The molecule has 0 unspecified atom stereocenters. The number of halogens is 2. The number of nitrogens with zero attached hydrogens (tertiary/aromatic N) is 4. The van der Waals surface area contributed by atoms with Crippen molar-refractivity contribution in [3.8, 4) is 17.1 Å². The number of carbonyl (C=O) groups is 1. The van der Waals surface area contributed by atoms with Crippen molar-refractivity contribution in [2.75, 3.05) is 10.7 Å². The molecular weight excluding hydrogens is 439 g/mol. The van der Waals surface area contributed by atoms with Gasteiger partial charge in [0.1, 0.15) is 5.82 Å². The Bertz CT molecular complexity index is 1110. The van der Waals surface area contributed by atoms with Crippen LogP contribution in [0.15, 0.2) is 47.6 Å². The van der Waals surface area contributed by atoms with Gasteiger partial charge in [-0.3, -0.25) is 9.69 Å². The van der Waals surface area contributed by atoms with Crippen LogP contribution in [-0.4, -0.2) is 26.8 Å². The van der Waals surface area contributed by atoms with Gasteiger partial charge in [-0.1, -0.05) is 48.8 Å². The number of carbonyl (C=O) groups excluding carboxylic acids is 1. The van der Waals surface area contributed by atoms with Crippen LogP contribution in [0, 0.1) is 5.82 Å². The molecule has 3 aromatic rings. The van der Waals surface area contributed by atoms with E-state index < -0.39 is 6.23 Å². The smallest absolute Gasteiger partial charge is 0.247 e. The molecular formula is C22H20ClFN4O2S. The van der Waals surface area contributed by atoms with E-state index in [0.29, 0.717) is 32.7 Å². The van der Waals surface area contributed by atoms with Crippen molar-refractivity contribution in [1.82, 2.24) is 15.2 Å². The van der Waals surface area contributed by atoms with Crippen molar-refractivity contribution in [2.24, 2.45) is 0 Å². The van der Waals surface area contributed by atoms with Gasteiger partial charge in [-0.15, -0.1) is 10.2 Å². The molecule has 1 amide bonds. The van der Waals surface area contributed by atoms with Gasteiger partial charge >= 0.3 is 0 Å². The quantitative estimate of drug-likeness (QED) is 0.362. The van der Waals surface area contributed by atoms with E-state index in [1.165, 1.54) is 35.7 Å². The summed E-state index contributed by atoms with van der Waals surface area (Å²) in [6.07, 6.45) is 1.23. The van der Waals surface area contributed by atoms with Crippen LogP contribution in [0.3, 0.4) is 0 Å². The van der Waals surface area contributed by atoms with Crippen LogP contribution in [0.25, 0.3) is 11.3 Å². The first kappa shape index (κ1) is 21.5. The monoisotopic (exact) mass is 458 g/mol. The third-order valence-corrected chi connectivity index (χ3v) is 5.95. The van der Waals surface area contributed by atoms with Crippen molar-refractivity contribution < 1.29 is 13.9 Å². The Morgan fingerprint density at radius 1 is 1.23 bits per heavy atom. The largest absolute Gasteiger partial charge is 0.447 e. The van der Waals surface area contributed by atoms with Crippen LogP contribution in [0.5, 0.6) is 5.88 Å². The predicted molar refractivity (Wildman–Crippen MR) is 119 cm³/mol. The first-order valence-electron chi connectivity index (χ1n) is 9.87. The van der Waals surface area contributed by atoms with Crippen LogP contribution in [-0.2, 0) is 4.79 Å². The molecule has 1 aromatic heterocycles. The minimum Gasteiger partial charge on any atom is -0.447 e. The average Bonchev–Trinajstić information content (AvgIpc) is 2.88. The normalized spacial score (nSPS) is 15.0. The van der Waals surface area contributed by atoms with E-state index >= 15 is 0 Å². The van der Waals surface area contributed by atoms with Gasteiger partial charge in [0.25, 0.3) is 0 Å². The van der Waals surface area contributed by atoms with E-state index in [1.807, 2.05) is 0 Å². The molecule has 2 aromatic carbocycles. The molecule has 9 heteroatoms. The molecule has 0 saturated carbocycles. The Labute approximate surface area is 188 Å². The number of unbranched alkanes of at least 4 members (excludes halogenated alkanes) is 1. The van der Waals surface area contributed by atoms with Crippen molar-refractivity contribution in [3.63, 3.8) is 0 Å². The van der Waals surface area contributed by atoms with E-state index in [9.17, 15) is 9.18 Å². The molecule has 0 radical (unpaired) electrons. The first-order chi connectivity index (χ1) is 15.0. The number of ether oxygens (including phenoxy) is 1. The number of hydrogen-bond acceptors (Lipinski definition) is 6. The van der Waals surface area contributed by atoms with E-state index in [0.717, 1.165) is 18.6 Å². The summed E-state index contributed by atoms with van der Waals surface area (Å²) in [6.45, 7) is 3.56. The van der Waals surface area contributed by atoms with Gasteiger partial charge in [-0.2, -0.15) is 4.98 Å². The molecule has 0 bridgehead atoms. The molecule has 2 heterocycles. The summed E-state index contributed by atoms with van der Waals surface area (Å²) in [5, 5.41) is 9.57. The number of anilines is 1. The van der Waals surface area contributed by atoms with E-state index in [2.05, 4.69) is 22.1 Å². The molecule has 0 spiro atoms. The zero-order valence-electron chi connectivity index (χ0n) is 17.0. The molecule has 4 rings (SSSR count). The van der Waals surface area contributed by atoms with Crippen molar-refractivity contribution in [1.29, 1.82) is 0 Å². The van der Waals surface area contributed by atoms with Gasteiger partial charge in [0.2, 0.25) is 23.2 Å². The molecule has 0 fully saturated rings. The summed E-state index contributed by atoms with van der Waals surface area (Å²) < 4.78 is 19.8. The molecule has 1 atom stereocenters. The highest BCUT2D eigenvalue weighted by atomic mass is 35.5. The second-order valence-corrected chi connectivity index (χ2v) is 8.52. The maximum atomic E-state index is 13.5. The Morgan fingerprint density at radius 2 is 2.00 bits per heavy atom. The highest BCUT2D eigenvalue weighted by molar-refractivity contribution is 7.99. The SMILES string of the molecule is CCCCSc1nnc2c(n1)O[C@H](c1ccc(F)cc1)N(C(C)=O)c1ccc(Cl)cc1-2. The lowest BCUT2D eigenvalue weighted by molar-refractivity contribution is -0.118. The van der Waals surface area contributed by atoms with Crippen LogP contribution in [0.1, 0.15) is 38.5 Å². The van der Waals surface area contributed by atoms with E-state index in [-0.39, 0.29) is 17.6 Å². The summed E-state index contributed by atoms with van der Waals surface area (Å²) in [6, 6.07) is 11.0. The van der Waals surface area contributed by atoms with Crippen molar-refractivity contribution in [2.45, 2.75) is 38.1 Å². The summed E-state index contributed by atoms with van der Waals surface area (Å²) in [5.41, 5.74) is 2.15. The number of fused-ring (bicyclic) bond motifs is 3. The van der Waals surface area contributed by atoms with Crippen LogP contribution >= 0.6 is 23.4 Å². The van der Waals surface area contributed by atoms with E-state index in [1.54, 1.807) is 30.3 Å². The van der Waals surface area contributed by atoms with Gasteiger partial charge in [0.15, 0.2) is 5.69 Å². The predicted octanol–water partition coefficient (Wildman–Crippen LogP) is 5.67. The zero-order chi connectivity index (χ0) is 22.0. The Morgan fingerprint density at radius 3 is 2.71 bits per heavy atom. The topological polar surface area (TPSA) is 68.2 Å². The Hall–Kier alpha value is -2.71. The van der Waals surface area contributed by atoms with Gasteiger partial charge in [-0.25, -0.2) is 4.39 Å². The second-order valence-electron chi connectivity index (χ2n) is 7.02. The molecule has 1 aliphatic rings. The summed E-state index contributed by atoms with van der Waals surface area (Å²) >= 11 is 7.75. The lowest BCUT2D eigenvalue weighted by Crippen LogP contribution is -2.36. The standard InChI is InChI=1S/C22H20ClFN4O2S/c1-3-4-11-31-22-25-20-19(26-27-22)17-12-15(23)7-10-18(17)28(13(2)29)21(30-20)14-5-8-16(24)9-6-14/h5-10,12,21H,3-4,11H2,1-2H3/t21-/m1/s1. The maximum absolute atomic E-state index is 13.5. The highest BCUT2D eigenvalue weighted by Crippen LogP contribution is 2.44. The van der Waals surface area contributed by atoms with E-state index in [4.69, 9.17) is 16.3 Å². The van der Waals surface area contributed by atoms with Crippen LogP contribution < -0.4 is 9.64 Å². The minimum absolute atomic E-state index is 0.246. The number of thioether (sulfide) groups is 1. The summed E-state index contributed by atoms with van der Waals surface area (Å²) in [7, 11) is 0. The fourth-order valence-corrected chi connectivity index (χ4v) is 4.32.